The Morgan fingerprint density at radius 3 is 2.61 bits per heavy atom. The largest absolute Gasteiger partial charge is 0.455 e. The third-order valence-corrected chi connectivity index (χ3v) is 4.49. The average Bonchev–Trinajstić information content (AvgIpc) is 3.06. The molecule has 2 heteroatoms. The summed E-state index contributed by atoms with van der Waals surface area (Å²) in [6.07, 6.45) is 3.05. The minimum Gasteiger partial charge on any atom is -0.455 e. The maximum Gasteiger partial charge on any atom is 0.333 e. The maximum atomic E-state index is 11.8. The van der Waals surface area contributed by atoms with E-state index in [0.29, 0.717) is 5.57 Å². The minimum atomic E-state index is -0.396. The third kappa shape index (κ3) is 1.38. The summed E-state index contributed by atoms with van der Waals surface area (Å²) in [6, 6.07) is 8.46. The smallest absolute Gasteiger partial charge is 0.333 e. The van der Waals surface area contributed by atoms with E-state index in [0.717, 1.165) is 19.3 Å². The van der Waals surface area contributed by atoms with Crippen molar-refractivity contribution in [3.8, 4) is 0 Å². The molecule has 1 spiro atoms. The summed E-state index contributed by atoms with van der Waals surface area (Å²) < 4.78 is 5.78. The standard InChI is InChI=1S/C16H18O2/c1-11(2)14(17)18-15(3)10-12-6-4-5-7-13(12)16(15)8-9-16/h4-7H,1,8-10H2,2-3H3. The SMILES string of the molecule is C=C(C)C(=O)OC1(C)Cc2ccccc2C12CC2. The molecule has 1 aromatic carbocycles. The number of rotatable bonds is 2. The molecule has 2 nitrogen and oxygen atoms in total. The molecule has 94 valence electrons. The summed E-state index contributed by atoms with van der Waals surface area (Å²) in [7, 11) is 0. The molecule has 0 heterocycles. The van der Waals surface area contributed by atoms with Crippen molar-refractivity contribution >= 4 is 5.97 Å². The van der Waals surface area contributed by atoms with Gasteiger partial charge in [0, 0.05) is 17.4 Å². The van der Waals surface area contributed by atoms with Crippen LogP contribution < -0.4 is 0 Å². The number of hydrogen-bond acceptors (Lipinski definition) is 2. The van der Waals surface area contributed by atoms with Gasteiger partial charge in [-0.2, -0.15) is 0 Å². The molecule has 0 radical (unpaired) electrons. The van der Waals surface area contributed by atoms with Crippen molar-refractivity contribution in [3.05, 3.63) is 47.5 Å². The molecule has 2 aliphatic carbocycles. The average molecular weight is 242 g/mol. The van der Waals surface area contributed by atoms with Crippen molar-refractivity contribution in [2.24, 2.45) is 0 Å². The number of esters is 1. The Hall–Kier alpha value is -1.57. The molecule has 0 aliphatic heterocycles. The van der Waals surface area contributed by atoms with Crippen molar-refractivity contribution in [3.63, 3.8) is 0 Å². The van der Waals surface area contributed by atoms with Gasteiger partial charge >= 0.3 is 5.97 Å². The molecule has 1 unspecified atom stereocenters. The fourth-order valence-electron chi connectivity index (χ4n) is 3.31. The summed E-state index contributed by atoms with van der Waals surface area (Å²) in [5.41, 5.74) is 2.85. The predicted molar refractivity (Wildman–Crippen MR) is 70.4 cm³/mol. The molecule has 18 heavy (non-hydrogen) atoms. The summed E-state index contributed by atoms with van der Waals surface area (Å²) >= 11 is 0. The summed E-state index contributed by atoms with van der Waals surface area (Å²) in [5.74, 6) is -0.267. The highest BCUT2D eigenvalue weighted by Gasteiger charge is 2.64. The number of carbonyl (C=O) groups is 1. The Kier molecular flexibility index (Phi) is 2.22. The molecule has 0 aromatic heterocycles. The molecule has 0 N–H and O–H groups in total. The minimum absolute atomic E-state index is 0.0642. The van der Waals surface area contributed by atoms with E-state index in [4.69, 9.17) is 4.74 Å². The number of fused-ring (bicyclic) bond motifs is 2. The molecule has 2 aliphatic rings. The lowest BCUT2D eigenvalue weighted by Crippen LogP contribution is -2.41. The first-order valence-corrected chi connectivity index (χ1v) is 6.46. The van der Waals surface area contributed by atoms with Crippen LogP contribution in [0.25, 0.3) is 0 Å². The fourth-order valence-corrected chi connectivity index (χ4v) is 3.31. The van der Waals surface area contributed by atoms with Crippen molar-refractivity contribution in [2.45, 2.75) is 44.1 Å². The molecular formula is C16H18O2. The van der Waals surface area contributed by atoms with Crippen molar-refractivity contribution < 1.29 is 9.53 Å². The van der Waals surface area contributed by atoms with Crippen molar-refractivity contribution in [1.29, 1.82) is 0 Å². The lowest BCUT2D eigenvalue weighted by atomic mass is 9.86. The monoisotopic (exact) mass is 242 g/mol. The molecule has 0 bridgehead atoms. The highest BCUT2D eigenvalue weighted by molar-refractivity contribution is 5.87. The Morgan fingerprint density at radius 1 is 1.33 bits per heavy atom. The number of hydrogen-bond donors (Lipinski definition) is 0. The molecule has 0 saturated heterocycles. The molecular weight excluding hydrogens is 224 g/mol. The van der Waals surface area contributed by atoms with Gasteiger partial charge in [0.05, 0.1) is 0 Å². The van der Waals surface area contributed by atoms with Crippen molar-refractivity contribution in [1.82, 2.24) is 0 Å². The van der Waals surface area contributed by atoms with Crippen LogP contribution in [0.5, 0.6) is 0 Å². The van der Waals surface area contributed by atoms with Gasteiger partial charge in [-0.25, -0.2) is 4.79 Å². The first-order chi connectivity index (χ1) is 8.48. The topological polar surface area (TPSA) is 26.3 Å². The normalized spacial score (nSPS) is 26.8. The van der Waals surface area contributed by atoms with E-state index < -0.39 is 5.60 Å². The third-order valence-electron chi connectivity index (χ3n) is 4.49. The van der Waals surface area contributed by atoms with Gasteiger partial charge in [-0.3, -0.25) is 0 Å². The molecule has 1 fully saturated rings. The van der Waals surface area contributed by atoms with Gasteiger partial charge in [-0.15, -0.1) is 0 Å². The Balaban J connectivity index is 1.97. The van der Waals surface area contributed by atoms with Crippen molar-refractivity contribution in [2.75, 3.05) is 0 Å². The first kappa shape index (κ1) is 11.5. The van der Waals surface area contributed by atoms with E-state index in [2.05, 4.69) is 37.8 Å². The van der Waals surface area contributed by atoms with Gasteiger partial charge in [-0.05, 0) is 37.8 Å². The van der Waals surface area contributed by atoms with Gasteiger partial charge < -0.3 is 4.74 Å². The fraction of sp³-hybridized carbons (Fsp3) is 0.438. The van der Waals surface area contributed by atoms with Crippen LogP contribution in [0.2, 0.25) is 0 Å². The Labute approximate surface area is 108 Å². The molecule has 1 aromatic rings. The summed E-state index contributed by atoms with van der Waals surface area (Å²) in [5, 5.41) is 0. The van der Waals surface area contributed by atoms with E-state index in [1.807, 2.05) is 0 Å². The van der Waals surface area contributed by atoms with Gasteiger partial charge in [0.25, 0.3) is 0 Å². The van der Waals surface area contributed by atoms with Crippen LogP contribution in [0.15, 0.2) is 36.4 Å². The van der Waals surface area contributed by atoms with E-state index in [1.165, 1.54) is 11.1 Å². The second-order valence-corrected chi connectivity index (χ2v) is 5.82. The van der Waals surface area contributed by atoms with Crippen LogP contribution in [0.4, 0.5) is 0 Å². The summed E-state index contributed by atoms with van der Waals surface area (Å²) in [4.78, 5) is 11.8. The molecule has 3 rings (SSSR count). The molecule has 1 atom stereocenters. The van der Waals surface area contributed by atoms with Crippen LogP contribution in [-0.4, -0.2) is 11.6 Å². The quantitative estimate of drug-likeness (QED) is 0.588. The van der Waals surface area contributed by atoms with E-state index in [-0.39, 0.29) is 11.4 Å². The number of ether oxygens (including phenoxy) is 1. The molecule has 0 amide bonds. The predicted octanol–water partition coefficient (Wildman–Crippen LogP) is 3.15. The number of benzene rings is 1. The Morgan fingerprint density at radius 2 is 2.00 bits per heavy atom. The summed E-state index contributed by atoms with van der Waals surface area (Å²) in [6.45, 7) is 7.44. The molecule has 1 saturated carbocycles. The van der Waals surface area contributed by atoms with E-state index in [9.17, 15) is 4.79 Å². The van der Waals surface area contributed by atoms with E-state index in [1.54, 1.807) is 6.92 Å². The lowest BCUT2D eigenvalue weighted by Gasteiger charge is -2.32. The maximum absolute atomic E-state index is 11.8. The van der Waals surface area contributed by atoms with Gasteiger partial charge in [0.1, 0.15) is 5.60 Å². The second-order valence-electron chi connectivity index (χ2n) is 5.82. The van der Waals surface area contributed by atoms with Crippen LogP contribution in [-0.2, 0) is 21.4 Å². The lowest BCUT2D eigenvalue weighted by molar-refractivity contribution is -0.155. The number of carbonyl (C=O) groups excluding carboxylic acids is 1. The highest BCUT2D eigenvalue weighted by Crippen LogP contribution is 2.63. The first-order valence-electron chi connectivity index (χ1n) is 6.46. The zero-order valence-corrected chi connectivity index (χ0v) is 11.0. The Bertz CT molecular complexity index is 540. The van der Waals surface area contributed by atoms with Gasteiger partial charge in [-0.1, -0.05) is 30.8 Å². The van der Waals surface area contributed by atoms with E-state index >= 15 is 0 Å². The van der Waals surface area contributed by atoms with Gasteiger partial charge in [0.2, 0.25) is 0 Å². The van der Waals surface area contributed by atoms with Crippen LogP contribution in [0.1, 0.15) is 37.8 Å². The van der Waals surface area contributed by atoms with Crippen LogP contribution in [0, 0.1) is 0 Å². The highest BCUT2D eigenvalue weighted by atomic mass is 16.6. The van der Waals surface area contributed by atoms with Crippen LogP contribution in [0.3, 0.4) is 0 Å². The van der Waals surface area contributed by atoms with Crippen LogP contribution >= 0.6 is 0 Å². The van der Waals surface area contributed by atoms with Gasteiger partial charge in [0.15, 0.2) is 0 Å². The second kappa shape index (κ2) is 3.47. The zero-order valence-electron chi connectivity index (χ0n) is 11.0. The zero-order chi connectivity index (χ0) is 13.0.